The van der Waals surface area contributed by atoms with Crippen LogP contribution in [0.3, 0.4) is 0 Å². The molecule has 2 unspecified atom stereocenters. The third kappa shape index (κ3) is 11.9. The van der Waals surface area contributed by atoms with Gasteiger partial charge in [-0.15, -0.1) is 0 Å². The van der Waals surface area contributed by atoms with Crippen molar-refractivity contribution in [2.75, 3.05) is 35.2 Å². The fraction of sp³-hybridized carbons (Fsp3) is 0.308. The Kier molecular flexibility index (Phi) is 16.1. The summed E-state index contributed by atoms with van der Waals surface area (Å²) in [6.07, 6.45) is 19.1. The van der Waals surface area contributed by atoms with Gasteiger partial charge >= 0.3 is 11.4 Å². The Morgan fingerprint density at radius 2 is 1.69 bits per heavy atom. The molecule has 13 nitrogen and oxygen atoms in total. The molecule has 4 aromatic rings. The van der Waals surface area contributed by atoms with Crippen LogP contribution >= 0.6 is 15.9 Å². The van der Waals surface area contributed by atoms with E-state index in [4.69, 9.17) is 4.18 Å². The highest BCUT2D eigenvalue weighted by Crippen LogP contribution is 2.48. The Hall–Kier alpha value is -6.13. The Labute approximate surface area is 404 Å². The van der Waals surface area contributed by atoms with Crippen molar-refractivity contribution in [3.8, 4) is 5.75 Å². The second kappa shape index (κ2) is 22.1. The molecule has 3 aliphatic heterocycles. The predicted octanol–water partition coefficient (Wildman–Crippen LogP) is 10.3. The first kappa shape index (κ1) is 48.8. The molecule has 0 aliphatic carbocycles. The molecule has 0 saturated heterocycles. The van der Waals surface area contributed by atoms with E-state index >= 15 is 0 Å². The van der Waals surface area contributed by atoms with E-state index in [9.17, 15) is 18.4 Å². The van der Waals surface area contributed by atoms with E-state index in [2.05, 4.69) is 134 Å². The number of halogens is 1. The van der Waals surface area contributed by atoms with Crippen molar-refractivity contribution >= 4 is 79.6 Å². The zero-order chi connectivity index (χ0) is 47.6. The van der Waals surface area contributed by atoms with Gasteiger partial charge in [-0.25, -0.2) is 10.4 Å². The summed E-state index contributed by atoms with van der Waals surface area (Å²) in [7, 11) is 0. The van der Waals surface area contributed by atoms with Gasteiger partial charge < -0.3 is 25.0 Å². The molecule has 3 aliphatic rings. The third-order valence-corrected chi connectivity index (χ3v) is 13.1. The highest BCUT2D eigenvalue weighted by Gasteiger charge is 2.44. The smallest absolute Gasteiger partial charge is 0.357 e. The minimum Gasteiger partial charge on any atom is -0.380 e. The molecule has 7 rings (SSSR count). The number of aliphatic imine (C=N–C) groups is 1. The second-order valence-corrected chi connectivity index (χ2v) is 19.1. The molecule has 2 atom stereocenters. The molecule has 15 heteroatoms. The van der Waals surface area contributed by atoms with Crippen molar-refractivity contribution in [3.05, 3.63) is 154 Å². The Balaban J connectivity index is 0.848. The maximum Gasteiger partial charge on any atom is 0.357 e. The number of carbonyl (C=O) groups is 2. The van der Waals surface area contributed by atoms with Gasteiger partial charge in [0.1, 0.15) is 18.5 Å². The standard InChI is InChI=1S/C52H59BrN8O5S/c1-6-60-45-28-26-39(66-67(64)65)34-42(45)52(4,5)46(60)22-11-8-7-9-12-23-47-51(2,3)41-20-14-15-21-44(41)61(47)31-16-10-13-24-49(63)59-56-30-29-48(62)57-38-25-27-43-40(33-38)50(55-35-54-43)58-37-19-17-18-36(53)32-37/h7-9,11-12,14-15,17-23,25-28,32-35,50,56,58H,6,10,13,16,24,29-31H2,1-5H3,(H3-,54,55,57,59,62,63,64,65)/p+1. The summed E-state index contributed by atoms with van der Waals surface area (Å²) in [6.45, 7) is 12.9. The minimum atomic E-state index is -2.38. The molecule has 0 bridgehead atoms. The summed E-state index contributed by atoms with van der Waals surface area (Å²) in [6, 6.07) is 27.6. The first-order valence-electron chi connectivity index (χ1n) is 22.7. The zero-order valence-corrected chi connectivity index (χ0v) is 41.0. The normalized spacial score (nSPS) is 17.7. The van der Waals surface area contributed by atoms with Gasteiger partial charge in [0.2, 0.25) is 17.5 Å². The Morgan fingerprint density at radius 1 is 0.881 bits per heavy atom. The van der Waals surface area contributed by atoms with E-state index in [1.165, 1.54) is 16.9 Å². The van der Waals surface area contributed by atoms with Crippen LogP contribution in [0.25, 0.3) is 0 Å². The molecule has 0 spiro atoms. The van der Waals surface area contributed by atoms with Gasteiger partial charge in [0.15, 0.2) is 5.71 Å². The fourth-order valence-corrected chi connectivity index (χ4v) is 9.64. The molecule has 67 heavy (non-hydrogen) atoms. The highest BCUT2D eigenvalue weighted by molar-refractivity contribution is 9.10. The predicted molar refractivity (Wildman–Crippen MR) is 275 cm³/mol. The van der Waals surface area contributed by atoms with Crippen molar-refractivity contribution in [3.63, 3.8) is 0 Å². The molecular formula is C52H60BrN8O5S+. The SMILES string of the molecule is CC[N+]1=C(/C=C/C=C/C=C/C=C2/N(CCCCCC(=O)NNCCC(=O)Nc3ccc4c(c3)C(Nc3cccc(Br)c3)NC=N4)c3ccccc3C2(C)C)C(C)(C)c2cc(OS(=O)O)ccc21. The lowest BCUT2D eigenvalue weighted by Crippen LogP contribution is -2.38. The number of allylic oxidation sites excluding steroid dienone is 8. The number of rotatable bonds is 20. The Morgan fingerprint density at radius 3 is 2.49 bits per heavy atom. The topological polar surface area (TPSA) is 159 Å². The van der Waals surface area contributed by atoms with Gasteiger partial charge in [-0.2, -0.15) is 8.78 Å². The van der Waals surface area contributed by atoms with Gasteiger partial charge in [-0.3, -0.25) is 19.6 Å². The number of nitrogens with zero attached hydrogens (tertiary/aromatic N) is 3. The van der Waals surface area contributed by atoms with Crippen LogP contribution in [0, 0.1) is 0 Å². The number of carbonyl (C=O) groups excluding carboxylic acids is 2. The van der Waals surface area contributed by atoms with Gasteiger partial charge in [0.25, 0.3) is 0 Å². The van der Waals surface area contributed by atoms with Crippen molar-refractivity contribution in [1.29, 1.82) is 0 Å². The summed E-state index contributed by atoms with van der Waals surface area (Å²) in [5, 5.41) is 9.67. The van der Waals surface area contributed by atoms with Crippen molar-refractivity contribution in [2.24, 2.45) is 4.99 Å². The van der Waals surface area contributed by atoms with Crippen LogP contribution in [0.5, 0.6) is 5.75 Å². The summed E-state index contributed by atoms with van der Waals surface area (Å²) < 4.78 is 28.8. The first-order valence-corrected chi connectivity index (χ1v) is 24.5. The van der Waals surface area contributed by atoms with E-state index in [0.29, 0.717) is 24.4 Å². The van der Waals surface area contributed by atoms with Crippen LogP contribution in [0.15, 0.2) is 143 Å². The van der Waals surface area contributed by atoms with Gasteiger partial charge in [-0.1, -0.05) is 90.8 Å². The van der Waals surface area contributed by atoms with Crippen LogP contribution in [-0.2, 0) is 31.8 Å². The van der Waals surface area contributed by atoms with E-state index < -0.39 is 11.4 Å². The number of anilines is 3. The number of hydrogen-bond acceptors (Lipinski definition) is 9. The average molecular weight is 989 g/mol. The van der Waals surface area contributed by atoms with Crippen LogP contribution in [0.1, 0.15) is 89.6 Å². The average Bonchev–Trinajstić information content (AvgIpc) is 3.64. The van der Waals surface area contributed by atoms with Crippen molar-refractivity contribution < 1.29 is 27.1 Å². The lowest BCUT2D eigenvalue weighted by atomic mass is 9.81. The molecule has 6 N–H and O–H groups in total. The molecule has 0 saturated carbocycles. The summed E-state index contributed by atoms with van der Waals surface area (Å²) >= 11 is 1.13. The first-order chi connectivity index (χ1) is 32.3. The molecular weight excluding hydrogens is 929 g/mol. The van der Waals surface area contributed by atoms with Crippen LogP contribution in [-0.4, -0.2) is 56.8 Å². The van der Waals surface area contributed by atoms with E-state index in [1.54, 1.807) is 12.4 Å². The molecule has 350 valence electrons. The summed E-state index contributed by atoms with van der Waals surface area (Å²) in [4.78, 5) is 32.3. The third-order valence-electron chi connectivity index (χ3n) is 12.3. The number of nitrogens with one attached hydrogen (secondary N) is 5. The fourth-order valence-electron chi connectivity index (χ4n) is 8.97. The van der Waals surface area contributed by atoms with Gasteiger partial charge in [-0.05, 0) is 99.8 Å². The number of para-hydroxylation sites is 1. The minimum absolute atomic E-state index is 0.102. The van der Waals surface area contributed by atoms with Gasteiger partial charge in [0.05, 0.1) is 17.4 Å². The maximum atomic E-state index is 12.8. The number of hydrogen-bond donors (Lipinski definition) is 6. The van der Waals surface area contributed by atoms with Crippen LogP contribution in [0.2, 0.25) is 0 Å². The lowest BCUT2D eigenvalue weighted by molar-refractivity contribution is -0.433. The van der Waals surface area contributed by atoms with E-state index in [-0.39, 0.29) is 35.2 Å². The molecule has 3 heterocycles. The maximum absolute atomic E-state index is 12.8. The lowest BCUT2D eigenvalue weighted by Gasteiger charge is -2.27. The molecule has 4 aromatic carbocycles. The Bertz CT molecular complexity index is 2690. The zero-order valence-electron chi connectivity index (χ0n) is 38.6. The number of unbranched alkanes of at least 4 members (excludes halogenated alkanes) is 2. The summed E-state index contributed by atoms with van der Waals surface area (Å²) in [5.74, 6) is 0.0940. The van der Waals surface area contributed by atoms with E-state index in [1.807, 2.05) is 78.9 Å². The van der Waals surface area contributed by atoms with Gasteiger partial charge in [0, 0.05) is 81.8 Å². The van der Waals surface area contributed by atoms with E-state index in [0.717, 1.165) is 70.7 Å². The summed E-state index contributed by atoms with van der Waals surface area (Å²) in [5.41, 5.74) is 15.5. The van der Waals surface area contributed by atoms with Crippen LogP contribution < -0.4 is 35.9 Å². The number of hydrazine groups is 1. The number of amides is 2. The molecule has 2 amide bonds. The monoisotopic (exact) mass is 987 g/mol. The van der Waals surface area contributed by atoms with Crippen molar-refractivity contribution in [1.82, 2.24) is 16.2 Å². The van der Waals surface area contributed by atoms with Crippen LogP contribution in [0.4, 0.5) is 28.4 Å². The number of fused-ring (bicyclic) bond motifs is 3. The second-order valence-electron chi connectivity index (χ2n) is 17.6. The highest BCUT2D eigenvalue weighted by atomic mass is 79.9. The quantitative estimate of drug-likeness (QED) is 0.0167. The number of benzene rings is 4. The molecule has 0 aromatic heterocycles. The molecule has 0 fully saturated rings. The van der Waals surface area contributed by atoms with Crippen molar-refractivity contribution in [2.45, 2.75) is 83.7 Å². The largest absolute Gasteiger partial charge is 0.380 e. The molecule has 0 radical (unpaired) electrons.